The molecule has 0 unspecified atom stereocenters. The maximum atomic E-state index is 11.9. The predicted molar refractivity (Wildman–Crippen MR) is 75.7 cm³/mol. The summed E-state index contributed by atoms with van der Waals surface area (Å²) in [6.07, 6.45) is 0. The summed E-state index contributed by atoms with van der Waals surface area (Å²) in [6.45, 7) is 4.44. The number of carbonyl (C=O) groups is 1. The van der Waals surface area contributed by atoms with Crippen LogP contribution in [0.4, 0.5) is 0 Å². The van der Waals surface area contributed by atoms with Crippen molar-refractivity contribution in [1.29, 1.82) is 0 Å². The zero-order chi connectivity index (χ0) is 13.2. The summed E-state index contributed by atoms with van der Waals surface area (Å²) in [5.74, 6) is 0.0189. The molecule has 0 aromatic carbocycles. The number of carbonyl (C=O) groups excluding carboxylic acids is 1. The largest absolute Gasteiger partial charge is 0.363 e. The van der Waals surface area contributed by atoms with Gasteiger partial charge in [-0.1, -0.05) is 0 Å². The second-order valence-corrected chi connectivity index (χ2v) is 7.14. The van der Waals surface area contributed by atoms with Crippen LogP contribution in [-0.4, -0.2) is 43.2 Å². The van der Waals surface area contributed by atoms with Crippen molar-refractivity contribution in [2.24, 2.45) is 0 Å². The molecule has 100 valence electrons. The summed E-state index contributed by atoms with van der Waals surface area (Å²) < 4.78 is 6.72. The first-order chi connectivity index (χ1) is 8.48. The summed E-state index contributed by atoms with van der Waals surface area (Å²) in [7, 11) is 1.80. The highest BCUT2D eigenvalue weighted by Gasteiger charge is 2.33. The topological polar surface area (TPSA) is 41.6 Å². The van der Waals surface area contributed by atoms with Crippen molar-refractivity contribution in [3.05, 3.63) is 20.8 Å². The first kappa shape index (κ1) is 14.0. The Morgan fingerprint density at radius 2 is 2.39 bits per heavy atom. The van der Waals surface area contributed by atoms with Crippen molar-refractivity contribution in [2.45, 2.75) is 19.1 Å². The lowest BCUT2D eigenvalue weighted by Gasteiger charge is -2.39. The highest BCUT2D eigenvalue weighted by atomic mass is 79.9. The average molecular weight is 333 g/mol. The van der Waals surface area contributed by atoms with Gasteiger partial charge in [0.25, 0.3) is 0 Å². The highest BCUT2D eigenvalue weighted by Crippen LogP contribution is 2.21. The molecule has 1 aromatic rings. The van der Waals surface area contributed by atoms with E-state index in [9.17, 15) is 4.79 Å². The lowest BCUT2D eigenvalue weighted by molar-refractivity contribution is -0.145. The van der Waals surface area contributed by atoms with Crippen LogP contribution >= 0.6 is 27.3 Å². The van der Waals surface area contributed by atoms with Crippen LogP contribution in [-0.2, 0) is 16.1 Å². The van der Waals surface area contributed by atoms with Crippen LogP contribution in [0, 0.1) is 0 Å². The van der Waals surface area contributed by atoms with Gasteiger partial charge in [-0.15, -0.1) is 11.3 Å². The number of halogens is 1. The second-order valence-electron chi connectivity index (χ2n) is 4.85. The lowest BCUT2D eigenvalue weighted by Crippen LogP contribution is -2.59. The van der Waals surface area contributed by atoms with Crippen LogP contribution in [0.5, 0.6) is 0 Å². The van der Waals surface area contributed by atoms with Crippen LogP contribution in [0.25, 0.3) is 0 Å². The van der Waals surface area contributed by atoms with Crippen molar-refractivity contribution < 1.29 is 9.53 Å². The van der Waals surface area contributed by atoms with Gasteiger partial charge in [0.1, 0.15) is 6.61 Å². The summed E-state index contributed by atoms with van der Waals surface area (Å²) >= 11 is 5.04. The van der Waals surface area contributed by atoms with Crippen molar-refractivity contribution in [2.75, 3.05) is 26.7 Å². The van der Waals surface area contributed by atoms with Gasteiger partial charge in [-0.3, -0.25) is 4.79 Å². The minimum absolute atomic E-state index is 0.0189. The zero-order valence-electron chi connectivity index (χ0n) is 10.5. The molecule has 1 aliphatic rings. The van der Waals surface area contributed by atoms with Crippen LogP contribution in [0.3, 0.4) is 0 Å². The Labute approximate surface area is 119 Å². The van der Waals surface area contributed by atoms with Gasteiger partial charge in [-0.2, -0.15) is 0 Å². The summed E-state index contributed by atoms with van der Waals surface area (Å²) in [5.41, 5.74) is 0.973. The third kappa shape index (κ3) is 3.54. The molecule has 1 saturated heterocycles. The molecule has 0 saturated carbocycles. The van der Waals surface area contributed by atoms with Gasteiger partial charge >= 0.3 is 0 Å². The Balaban J connectivity index is 1.77. The number of hydrogen-bond donors (Lipinski definition) is 1. The quantitative estimate of drug-likeness (QED) is 0.894. The Hall–Kier alpha value is -0.430. The number of nitrogens with one attached hydrogen (secondary N) is 1. The SMILES string of the molecule is CN(Cc1csc(Br)c1)C(=O)COC1(C)CNC1. The predicted octanol–water partition coefficient (Wildman–Crippen LogP) is 1.85. The molecule has 2 heterocycles. The van der Waals surface area contributed by atoms with Gasteiger partial charge in [0.05, 0.1) is 9.39 Å². The van der Waals surface area contributed by atoms with Crippen molar-refractivity contribution in [3.63, 3.8) is 0 Å². The van der Waals surface area contributed by atoms with E-state index in [1.54, 1.807) is 23.3 Å². The molecule has 0 radical (unpaired) electrons. The zero-order valence-corrected chi connectivity index (χ0v) is 12.9. The first-order valence-corrected chi connectivity index (χ1v) is 7.47. The average Bonchev–Trinajstić information content (AvgIpc) is 2.69. The number of hydrogen-bond acceptors (Lipinski definition) is 4. The number of amides is 1. The van der Waals surface area contributed by atoms with Crippen LogP contribution in [0.2, 0.25) is 0 Å². The molecule has 4 nitrogen and oxygen atoms in total. The Morgan fingerprint density at radius 3 is 2.89 bits per heavy atom. The molecular weight excluding hydrogens is 316 g/mol. The van der Waals surface area contributed by atoms with Crippen LogP contribution in [0.1, 0.15) is 12.5 Å². The minimum atomic E-state index is -0.165. The van der Waals surface area contributed by atoms with E-state index in [4.69, 9.17) is 4.74 Å². The minimum Gasteiger partial charge on any atom is -0.363 e. The van der Waals surface area contributed by atoms with E-state index in [-0.39, 0.29) is 18.1 Å². The Bertz CT molecular complexity index is 431. The van der Waals surface area contributed by atoms with E-state index in [0.717, 1.165) is 22.4 Å². The van der Waals surface area contributed by atoms with Gasteiger partial charge in [0.2, 0.25) is 5.91 Å². The third-order valence-electron chi connectivity index (χ3n) is 3.01. The van der Waals surface area contributed by atoms with E-state index >= 15 is 0 Å². The maximum Gasteiger partial charge on any atom is 0.248 e. The van der Waals surface area contributed by atoms with Gasteiger partial charge in [0.15, 0.2) is 0 Å². The fraction of sp³-hybridized carbons (Fsp3) is 0.583. The molecule has 0 atom stereocenters. The normalized spacial score (nSPS) is 17.3. The molecule has 0 aliphatic carbocycles. The highest BCUT2D eigenvalue weighted by molar-refractivity contribution is 9.11. The van der Waals surface area contributed by atoms with Crippen molar-refractivity contribution >= 4 is 33.2 Å². The number of rotatable bonds is 5. The molecule has 1 fully saturated rings. The van der Waals surface area contributed by atoms with E-state index < -0.39 is 0 Å². The van der Waals surface area contributed by atoms with Crippen LogP contribution < -0.4 is 5.32 Å². The fourth-order valence-corrected chi connectivity index (χ4v) is 2.92. The molecule has 0 bridgehead atoms. The lowest BCUT2D eigenvalue weighted by atomic mass is 10.0. The molecule has 1 N–H and O–H groups in total. The van der Waals surface area contributed by atoms with E-state index in [2.05, 4.69) is 21.2 Å². The molecule has 6 heteroatoms. The smallest absolute Gasteiger partial charge is 0.248 e. The first-order valence-electron chi connectivity index (χ1n) is 5.80. The van der Waals surface area contributed by atoms with E-state index in [0.29, 0.717) is 6.54 Å². The monoisotopic (exact) mass is 332 g/mol. The maximum absolute atomic E-state index is 11.9. The summed E-state index contributed by atoms with van der Waals surface area (Å²) in [4.78, 5) is 13.6. The molecule has 2 rings (SSSR count). The number of nitrogens with zero attached hydrogens (tertiary/aromatic N) is 1. The molecular formula is C12H17BrN2O2S. The van der Waals surface area contributed by atoms with Gasteiger partial charge < -0.3 is 15.0 Å². The third-order valence-corrected chi connectivity index (χ3v) is 4.56. The summed E-state index contributed by atoms with van der Waals surface area (Å²) in [6, 6.07) is 2.03. The molecule has 18 heavy (non-hydrogen) atoms. The van der Waals surface area contributed by atoms with Gasteiger partial charge in [0, 0.05) is 26.7 Å². The Morgan fingerprint density at radius 1 is 1.67 bits per heavy atom. The second kappa shape index (κ2) is 5.69. The summed E-state index contributed by atoms with van der Waals surface area (Å²) in [5, 5.41) is 5.19. The standard InChI is InChI=1S/C12H17BrN2O2S/c1-12(7-14-8-12)17-5-11(16)15(2)4-9-3-10(13)18-6-9/h3,6,14H,4-5,7-8H2,1-2H3. The molecule has 1 amide bonds. The number of ether oxygens (including phenoxy) is 1. The van der Waals surface area contributed by atoms with E-state index in [1.807, 2.05) is 18.4 Å². The fourth-order valence-electron chi connectivity index (χ4n) is 1.72. The van der Waals surface area contributed by atoms with Crippen molar-refractivity contribution in [3.8, 4) is 0 Å². The van der Waals surface area contributed by atoms with Gasteiger partial charge in [-0.25, -0.2) is 0 Å². The van der Waals surface area contributed by atoms with Crippen LogP contribution in [0.15, 0.2) is 15.2 Å². The van der Waals surface area contributed by atoms with E-state index in [1.165, 1.54) is 0 Å². The van der Waals surface area contributed by atoms with Crippen molar-refractivity contribution in [1.82, 2.24) is 10.2 Å². The molecule has 1 aliphatic heterocycles. The van der Waals surface area contributed by atoms with Gasteiger partial charge in [-0.05, 0) is 39.9 Å². The Kier molecular flexibility index (Phi) is 4.42. The molecule has 0 spiro atoms. The number of likely N-dealkylation sites (N-methyl/N-ethyl adjacent to an activating group) is 1. The molecule has 1 aromatic heterocycles. The number of thiophene rings is 1.